The fraction of sp³-hybridized carbons (Fsp3) is 0.457. The molecule has 1 unspecified atom stereocenters. The number of ether oxygens (including phenoxy) is 2. The molecule has 0 spiro atoms. The molecule has 2 aliphatic rings. The van der Waals surface area contributed by atoms with E-state index in [9.17, 15) is 9.59 Å². The largest absolute Gasteiger partial charge is 0.444 e. The van der Waals surface area contributed by atoms with Crippen LogP contribution in [-0.4, -0.2) is 75.3 Å². The number of carbonyl (C=O) groups is 2. The van der Waals surface area contributed by atoms with Crippen LogP contribution in [0.2, 0.25) is 0 Å². The van der Waals surface area contributed by atoms with Crippen molar-refractivity contribution < 1.29 is 19.1 Å². The van der Waals surface area contributed by atoms with Crippen molar-refractivity contribution in [2.45, 2.75) is 76.7 Å². The molecule has 1 saturated heterocycles. The Balaban J connectivity index is 1.49. The second-order valence-electron chi connectivity index (χ2n) is 12.5. The zero-order chi connectivity index (χ0) is 30.4. The molecule has 0 N–H and O–H groups in total. The van der Waals surface area contributed by atoms with E-state index in [2.05, 4.69) is 23.3 Å². The molecule has 0 bridgehead atoms. The molecule has 3 atom stereocenters. The van der Waals surface area contributed by atoms with Crippen LogP contribution in [0.15, 0.2) is 79.6 Å². The first kappa shape index (κ1) is 30.5. The summed E-state index contributed by atoms with van der Waals surface area (Å²) >= 11 is 0. The van der Waals surface area contributed by atoms with Crippen LogP contribution in [0.3, 0.4) is 0 Å². The van der Waals surface area contributed by atoms with Crippen molar-refractivity contribution in [2.24, 2.45) is 0 Å². The van der Waals surface area contributed by atoms with Gasteiger partial charge in [0.25, 0.3) is 5.91 Å². The third-order valence-corrected chi connectivity index (χ3v) is 8.21. The quantitative estimate of drug-likeness (QED) is 0.281. The maximum Gasteiger partial charge on any atom is 0.410 e. The molecule has 1 aromatic heterocycles. The minimum absolute atomic E-state index is 0.0227. The maximum absolute atomic E-state index is 14.5. The summed E-state index contributed by atoms with van der Waals surface area (Å²) in [6.07, 6.45) is 8.02. The zero-order valence-electron chi connectivity index (χ0n) is 25.7. The predicted molar refractivity (Wildman–Crippen MR) is 168 cm³/mol. The Kier molecular flexibility index (Phi) is 9.65. The molecule has 3 aromatic rings. The van der Waals surface area contributed by atoms with Crippen molar-refractivity contribution in [3.05, 3.63) is 90.9 Å². The molecule has 2 aromatic carbocycles. The number of nitrogens with zero attached hydrogens (tertiary/aromatic N) is 4. The number of piperazine rings is 1. The van der Waals surface area contributed by atoms with Gasteiger partial charge >= 0.3 is 6.09 Å². The Morgan fingerprint density at radius 1 is 1.00 bits per heavy atom. The van der Waals surface area contributed by atoms with E-state index in [1.807, 2.05) is 80.5 Å². The SMILES string of the molecule is C=CCOC1CCCC[C@@H]1n1cnc(C(=O)N2CCN(C(=O)OC(C)(C)C)C[C@H]2Cc2ccccc2)c1-c1ccccc1. The fourth-order valence-electron chi connectivity index (χ4n) is 6.24. The Labute approximate surface area is 255 Å². The summed E-state index contributed by atoms with van der Waals surface area (Å²) in [7, 11) is 0. The number of benzene rings is 2. The molecule has 5 rings (SSSR count). The summed E-state index contributed by atoms with van der Waals surface area (Å²) < 4.78 is 14.1. The van der Waals surface area contributed by atoms with E-state index in [1.165, 1.54) is 0 Å². The van der Waals surface area contributed by atoms with Crippen LogP contribution in [0.25, 0.3) is 11.3 Å². The topological polar surface area (TPSA) is 76.9 Å². The van der Waals surface area contributed by atoms with E-state index in [0.29, 0.717) is 38.4 Å². The lowest BCUT2D eigenvalue weighted by atomic mass is 9.91. The first-order valence-electron chi connectivity index (χ1n) is 15.4. The molecule has 228 valence electrons. The number of hydrogen-bond acceptors (Lipinski definition) is 5. The molecular weight excluding hydrogens is 540 g/mol. The second kappa shape index (κ2) is 13.6. The van der Waals surface area contributed by atoms with Gasteiger partial charge < -0.3 is 23.8 Å². The number of aromatic nitrogens is 2. The first-order chi connectivity index (χ1) is 20.7. The normalized spacial score (nSPS) is 21.0. The number of carbonyl (C=O) groups excluding carboxylic acids is 2. The van der Waals surface area contributed by atoms with Crippen LogP contribution >= 0.6 is 0 Å². The average molecular weight is 585 g/mol. The van der Waals surface area contributed by atoms with Crippen LogP contribution in [0.4, 0.5) is 4.79 Å². The van der Waals surface area contributed by atoms with Crippen molar-refractivity contribution in [3.63, 3.8) is 0 Å². The van der Waals surface area contributed by atoms with Crippen LogP contribution in [0.5, 0.6) is 0 Å². The van der Waals surface area contributed by atoms with Gasteiger partial charge in [0.05, 0.1) is 36.8 Å². The Hall–Kier alpha value is -3.91. The van der Waals surface area contributed by atoms with Gasteiger partial charge in [-0.1, -0.05) is 79.6 Å². The summed E-state index contributed by atoms with van der Waals surface area (Å²) in [5, 5.41) is 0. The van der Waals surface area contributed by atoms with E-state index in [1.54, 1.807) is 11.0 Å². The average Bonchev–Trinajstić information content (AvgIpc) is 3.45. The third kappa shape index (κ3) is 7.36. The van der Waals surface area contributed by atoms with Gasteiger partial charge in [-0.05, 0) is 45.6 Å². The van der Waals surface area contributed by atoms with Crippen LogP contribution in [0.1, 0.15) is 68.5 Å². The van der Waals surface area contributed by atoms with Crippen LogP contribution in [-0.2, 0) is 15.9 Å². The molecule has 1 saturated carbocycles. The van der Waals surface area contributed by atoms with Crippen molar-refractivity contribution in [1.29, 1.82) is 0 Å². The lowest BCUT2D eigenvalue weighted by Gasteiger charge is -2.41. The fourth-order valence-corrected chi connectivity index (χ4v) is 6.24. The van der Waals surface area contributed by atoms with E-state index in [4.69, 9.17) is 14.5 Å². The van der Waals surface area contributed by atoms with Gasteiger partial charge in [0.1, 0.15) is 5.60 Å². The number of amides is 2. The zero-order valence-corrected chi connectivity index (χ0v) is 25.7. The Morgan fingerprint density at radius 3 is 2.40 bits per heavy atom. The van der Waals surface area contributed by atoms with Gasteiger partial charge in [0.2, 0.25) is 0 Å². The third-order valence-electron chi connectivity index (χ3n) is 8.21. The lowest BCUT2D eigenvalue weighted by Crippen LogP contribution is -2.58. The molecule has 8 nitrogen and oxygen atoms in total. The Bertz CT molecular complexity index is 1380. The predicted octanol–water partition coefficient (Wildman–Crippen LogP) is 6.54. The number of rotatable bonds is 8. The summed E-state index contributed by atoms with van der Waals surface area (Å²) in [5.74, 6) is -0.123. The maximum atomic E-state index is 14.5. The highest BCUT2D eigenvalue weighted by Crippen LogP contribution is 2.36. The summed E-state index contributed by atoms with van der Waals surface area (Å²) in [5.41, 5.74) is 2.71. The molecule has 2 amide bonds. The summed E-state index contributed by atoms with van der Waals surface area (Å²) in [6.45, 7) is 11.1. The Morgan fingerprint density at radius 2 is 1.70 bits per heavy atom. The van der Waals surface area contributed by atoms with E-state index < -0.39 is 5.60 Å². The second-order valence-corrected chi connectivity index (χ2v) is 12.5. The molecule has 2 heterocycles. The minimum atomic E-state index is -0.594. The highest BCUT2D eigenvalue weighted by Gasteiger charge is 2.38. The lowest BCUT2D eigenvalue weighted by molar-refractivity contribution is 0.00425. The number of imidazole rings is 1. The summed E-state index contributed by atoms with van der Waals surface area (Å²) in [4.78, 5) is 36.0. The van der Waals surface area contributed by atoms with E-state index in [0.717, 1.165) is 42.5 Å². The number of hydrogen-bond donors (Lipinski definition) is 0. The van der Waals surface area contributed by atoms with E-state index >= 15 is 0 Å². The first-order valence-corrected chi connectivity index (χ1v) is 15.4. The molecule has 1 aliphatic heterocycles. The van der Waals surface area contributed by atoms with Gasteiger partial charge in [0, 0.05) is 25.2 Å². The molecule has 8 heteroatoms. The molecular formula is C35H44N4O4. The highest BCUT2D eigenvalue weighted by molar-refractivity contribution is 5.98. The monoisotopic (exact) mass is 584 g/mol. The smallest absolute Gasteiger partial charge is 0.410 e. The molecule has 2 fully saturated rings. The van der Waals surface area contributed by atoms with Crippen molar-refractivity contribution in [3.8, 4) is 11.3 Å². The van der Waals surface area contributed by atoms with E-state index in [-0.39, 0.29) is 30.2 Å². The minimum Gasteiger partial charge on any atom is -0.444 e. The van der Waals surface area contributed by atoms with Crippen molar-refractivity contribution >= 4 is 12.0 Å². The van der Waals surface area contributed by atoms with Gasteiger partial charge in [-0.3, -0.25) is 4.79 Å². The van der Waals surface area contributed by atoms with Gasteiger partial charge in [-0.25, -0.2) is 9.78 Å². The molecule has 1 aliphatic carbocycles. The van der Waals surface area contributed by atoms with Crippen molar-refractivity contribution in [1.82, 2.24) is 19.4 Å². The molecule has 43 heavy (non-hydrogen) atoms. The van der Waals surface area contributed by atoms with Crippen LogP contribution < -0.4 is 0 Å². The van der Waals surface area contributed by atoms with Gasteiger partial charge in [-0.15, -0.1) is 6.58 Å². The van der Waals surface area contributed by atoms with Crippen molar-refractivity contribution in [2.75, 3.05) is 26.2 Å². The standard InChI is InChI=1S/C35H44N4O4/c1-5-22-42-30-19-13-12-18-29(30)39-25-36-31(32(39)27-16-10-7-11-17-27)33(40)38-21-20-37(34(41)43-35(2,3)4)24-28(38)23-26-14-8-6-9-15-26/h5-11,14-17,25,28-30H,1,12-13,18-24H2,2-4H3/t28-,29+,30?/m1/s1. The highest BCUT2D eigenvalue weighted by atomic mass is 16.6. The molecule has 0 radical (unpaired) electrons. The van der Waals surface area contributed by atoms with Gasteiger partial charge in [0.15, 0.2) is 5.69 Å². The van der Waals surface area contributed by atoms with Crippen LogP contribution in [0, 0.1) is 0 Å². The summed E-state index contributed by atoms with van der Waals surface area (Å²) in [6, 6.07) is 20.0. The van der Waals surface area contributed by atoms with Gasteiger partial charge in [-0.2, -0.15) is 0 Å².